The van der Waals surface area contributed by atoms with Crippen LogP contribution in [0, 0.1) is 5.82 Å². The average Bonchev–Trinajstić information content (AvgIpc) is 3.07. The van der Waals surface area contributed by atoms with Crippen molar-refractivity contribution in [2.45, 2.75) is 38.5 Å². The Morgan fingerprint density at radius 3 is 2.63 bits per heavy atom. The number of fused-ring (bicyclic) bond motifs is 1. The molecule has 1 saturated heterocycles. The van der Waals surface area contributed by atoms with Crippen molar-refractivity contribution in [3.63, 3.8) is 0 Å². The molecule has 2 aromatic carbocycles. The number of nitrogens with zero attached hydrogens (tertiary/aromatic N) is 1. The number of benzene rings is 2. The number of hydrogen-bond acceptors (Lipinski definition) is 3. The highest BCUT2D eigenvalue weighted by Crippen LogP contribution is 2.32. The van der Waals surface area contributed by atoms with Crippen LogP contribution in [0.3, 0.4) is 0 Å². The van der Waals surface area contributed by atoms with Gasteiger partial charge in [0.1, 0.15) is 5.82 Å². The summed E-state index contributed by atoms with van der Waals surface area (Å²) < 4.78 is 13.3. The van der Waals surface area contributed by atoms with Crippen LogP contribution in [0.15, 0.2) is 48.5 Å². The number of halogens is 1. The Bertz CT molecular complexity index is 901. The molecule has 4 rings (SSSR count). The van der Waals surface area contributed by atoms with E-state index in [4.69, 9.17) is 0 Å². The summed E-state index contributed by atoms with van der Waals surface area (Å²) in [5, 5.41) is 6.05. The van der Waals surface area contributed by atoms with Gasteiger partial charge < -0.3 is 15.5 Å². The van der Waals surface area contributed by atoms with Gasteiger partial charge in [-0.2, -0.15) is 0 Å². The van der Waals surface area contributed by atoms with E-state index >= 15 is 0 Å². The molecule has 0 bridgehead atoms. The van der Waals surface area contributed by atoms with Crippen molar-refractivity contribution in [1.82, 2.24) is 4.90 Å². The molecule has 2 aliphatic heterocycles. The quantitative estimate of drug-likeness (QED) is 0.474. The molecule has 0 saturated carbocycles. The first-order valence-electron chi connectivity index (χ1n) is 11.1. The van der Waals surface area contributed by atoms with Gasteiger partial charge in [-0.15, -0.1) is 0 Å². The molecule has 0 spiro atoms. The first-order chi connectivity index (χ1) is 14.7. The van der Waals surface area contributed by atoms with Crippen molar-refractivity contribution in [3.8, 4) is 0 Å². The predicted molar refractivity (Wildman–Crippen MR) is 121 cm³/mol. The van der Waals surface area contributed by atoms with Gasteiger partial charge >= 0.3 is 0 Å². The lowest BCUT2D eigenvalue weighted by molar-refractivity contribution is -0.110. The van der Waals surface area contributed by atoms with Gasteiger partial charge in [0, 0.05) is 23.4 Å². The maximum absolute atomic E-state index is 13.3. The first kappa shape index (κ1) is 20.6. The van der Waals surface area contributed by atoms with Gasteiger partial charge in [0.05, 0.1) is 5.69 Å². The number of amides is 1. The fraction of sp³-hybridized carbons (Fsp3) is 0.400. The Labute approximate surface area is 178 Å². The molecule has 0 unspecified atom stereocenters. The molecule has 2 N–H and O–H groups in total. The number of piperidine rings is 1. The molecule has 0 radical (unpaired) electrons. The second-order valence-electron chi connectivity index (χ2n) is 8.20. The minimum Gasteiger partial charge on any atom is -0.382 e. The highest BCUT2D eigenvalue weighted by atomic mass is 19.1. The van der Waals surface area contributed by atoms with E-state index in [1.54, 1.807) is 6.07 Å². The maximum Gasteiger partial charge on any atom is 0.256 e. The molecule has 0 aromatic heterocycles. The molecule has 0 atom stereocenters. The molecule has 2 heterocycles. The molecular weight excluding hydrogens is 377 g/mol. The summed E-state index contributed by atoms with van der Waals surface area (Å²) in [6.45, 7) is 4.33. The minimum atomic E-state index is -0.347. The molecule has 1 fully saturated rings. The van der Waals surface area contributed by atoms with Crippen LogP contribution in [0.1, 0.15) is 43.2 Å². The van der Waals surface area contributed by atoms with Crippen LogP contribution in [0.2, 0.25) is 0 Å². The van der Waals surface area contributed by atoms with Crippen LogP contribution in [0.25, 0.3) is 5.57 Å². The fourth-order valence-electron chi connectivity index (χ4n) is 4.28. The number of likely N-dealkylation sites (tertiary alicyclic amines) is 1. The molecule has 4 nitrogen and oxygen atoms in total. The van der Waals surface area contributed by atoms with Crippen LogP contribution in [-0.2, 0) is 11.2 Å². The summed E-state index contributed by atoms with van der Waals surface area (Å²) in [5.41, 5.74) is 4.27. The van der Waals surface area contributed by atoms with Crippen molar-refractivity contribution in [2.24, 2.45) is 0 Å². The Hall–Kier alpha value is -2.66. The van der Waals surface area contributed by atoms with E-state index in [1.807, 2.05) is 6.08 Å². The van der Waals surface area contributed by atoms with Gasteiger partial charge in [0.2, 0.25) is 0 Å². The lowest BCUT2D eigenvalue weighted by Gasteiger charge is -2.26. The second kappa shape index (κ2) is 9.90. The van der Waals surface area contributed by atoms with E-state index in [0.29, 0.717) is 17.8 Å². The van der Waals surface area contributed by atoms with Crippen molar-refractivity contribution in [3.05, 3.63) is 65.5 Å². The summed E-state index contributed by atoms with van der Waals surface area (Å²) in [6, 6.07) is 12.9. The Morgan fingerprint density at radius 1 is 1.03 bits per heavy atom. The van der Waals surface area contributed by atoms with Gasteiger partial charge in [-0.1, -0.05) is 24.6 Å². The lowest BCUT2D eigenvalue weighted by Crippen LogP contribution is -2.30. The van der Waals surface area contributed by atoms with Crippen LogP contribution in [0.4, 0.5) is 15.8 Å². The summed E-state index contributed by atoms with van der Waals surface area (Å²) in [6.07, 6.45) is 9.58. The number of anilines is 2. The van der Waals surface area contributed by atoms with E-state index in [9.17, 15) is 9.18 Å². The van der Waals surface area contributed by atoms with Crippen LogP contribution in [-0.4, -0.2) is 37.0 Å². The zero-order chi connectivity index (χ0) is 20.8. The Kier molecular flexibility index (Phi) is 6.80. The number of nitrogens with one attached hydrogen (secondary N) is 2. The van der Waals surface area contributed by atoms with Crippen molar-refractivity contribution in [1.29, 1.82) is 0 Å². The smallest absolute Gasteiger partial charge is 0.256 e. The monoisotopic (exact) mass is 407 g/mol. The van der Waals surface area contributed by atoms with Gasteiger partial charge in [-0.05, 0) is 87.6 Å². The molecule has 30 heavy (non-hydrogen) atoms. The minimum absolute atomic E-state index is 0.183. The molecule has 2 aliphatic rings. The number of unbranched alkanes of at least 4 members (excludes halogenated alkanes) is 1. The highest BCUT2D eigenvalue weighted by Gasteiger charge is 2.23. The highest BCUT2D eigenvalue weighted by molar-refractivity contribution is 6.31. The van der Waals surface area contributed by atoms with Gasteiger partial charge in [-0.3, -0.25) is 4.79 Å². The predicted octanol–water partition coefficient (Wildman–Crippen LogP) is 5.08. The second-order valence-corrected chi connectivity index (χ2v) is 8.20. The molecular formula is C25H30FN3O. The van der Waals surface area contributed by atoms with Crippen LogP contribution in [0.5, 0.6) is 0 Å². The number of carbonyl (C=O) groups is 1. The Balaban J connectivity index is 1.22. The standard InChI is InChI=1S/C25H30FN3O/c26-20-9-12-22-23(25(30)28-24(22)18-20)13-14-27-21-10-7-19(8-11-21)6-2-5-17-29-15-3-1-4-16-29/h7-13,18,27H,1-6,14-17H2,(H,28,30)/b23-13-. The maximum atomic E-state index is 13.3. The van der Waals surface area contributed by atoms with Crippen molar-refractivity contribution < 1.29 is 9.18 Å². The fourth-order valence-corrected chi connectivity index (χ4v) is 4.28. The van der Waals surface area contributed by atoms with E-state index in [0.717, 1.165) is 17.7 Å². The van der Waals surface area contributed by atoms with Crippen LogP contribution < -0.4 is 10.6 Å². The summed E-state index contributed by atoms with van der Waals surface area (Å²) in [5.74, 6) is -0.530. The average molecular weight is 408 g/mol. The third kappa shape index (κ3) is 5.28. The van der Waals surface area contributed by atoms with Crippen LogP contribution >= 0.6 is 0 Å². The number of aryl methyl sites for hydroxylation is 1. The zero-order valence-electron chi connectivity index (χ0n) is 17.4. The molecule has 5 heteroatoms. The third-order valence-corrected chi connectivity index (χ3v) is 5.97. The van der Waals surface area contributed by atoms with E-state index in [2.05, 4.69) is 39.8 Å². The molecule has 1 amide bonds. The normalized spacial score (nSPS) is 17.8. The van der Waals surface area contributed by atoms with Crippen molar-refractivity contribution >= 4 is 22.9 Å². The largest absolute Gasteiger partial charge is 0.382 e. The summed E-state index contributed by atoms with van der Waals surface area (Å²) >= 11 is 0. The molecule has 158 valence electrons. The van der Waals surface area contributed by atoms with Gasteiger partial charge in [0.25, 0.3) is 5.91 Å². The topological polar surface area (TPSA) is 44.4 Å². The Morgan fingerprint density at radius 2 is 1.83 bits per heavy atom. The zero-order valence-corrected chi connectivity index (χ0v) is 17.4. The van der Waals surface area contributed by atoms with Gasteiger partial charge in [0.15, 0.2) is 0 Å². The lowest BCUT2D eigenvalue weighted by atomic mass is 10.1. The first-order valence-corrected chi connectivity index (χ1v) is 11.1. The van der Waals surface area contributed by atoms with E-state index in [-0.39, 0.29) is 11.7 Å². The molecule has 0 aliphatic carbocycles. The number of rotatable bonds is 8. The van der Waals surface area contributed by atoms with Gasteiger partial charge in [-0.25, -0.2) is 4.39 Å². The third-order valence-electron chi connectivity index (χ3n) is 5.97. The SMILES string of the molecule is O=C1Nc2cc(F)ccc2/C1=C/CNc1ccc(CCCCN2CCCCC2)cc1. The summed E-state index contributed by atoms with van der Waals surface area (Å²) in [7, 11) is 0. The van der Waals surface area contributed by atoms with Crippen molar-refractivity contribution in [2.75, 3.05) is 36.8 Å². The van der Waals surface area contributed by atoms with E-state index in [1.165, 1.54) is 69.4 Å². The van der Waals surface area contributed by atoms with E-state index < -0.39 is 0 Å². The number of carbonyl (C=O) groups excluding carboxylic acids is 1. The summed E-state index contributed by atoms with van der Waals surface area (Å²) in [4.78, 5) is 14.7. The molecule has 2 aromatic rings. The number of hydrogen-bond donors (Lipinski definition) is 2.